The molecular formula is C14H23N5O3. The number of nitrogens with two attached hydrogens (primary N) is 1. The Balaban J connectivity index is 0.000000847. The maximum absolute atomic E-state index is 11.7. The molecule has 8 nitrogen and oxygen atoms in total. The lowest BCUT2D eigenvalue weighted by atomic mass is 10.1. The van der Waals surface area contributed by atoms with Gasteiger partial charge in [-0.25, -0.2) is 4.98 Å². The van der Waals surface area contributed by atoms with E-state index in [1.807, 2.05) is 18.7 Å². The second-order valence-electron chi connectivity index (χ2n) is 5.19. The van der Waals surface area contributed by atoms with Gasteiger partial charge in [0.1, 0.15) is 11.0 Å². The largest absolute Gasteiger partial charge is 0.396 e. The number of nitrogen functional groups attached to an aromatic ring is 1. The zero-order chi connectivity index (χ0) is 16.3. The van der Waals surface area contributed by atoms with E-state index in [0.717, 1.165) is 5.56 Å². The van der Waals surface area contributed by atoms with E-state index >= 15 is 0 Å². The van der Waals surface area contributed by atoms with E-state index in [4.69, 9.17) is 10.8 Å². The minimum absolute atomic E-state index is 0.0313. The third kappa shape index (κ3) is 3.13. The molecule has 0 bridgehead atoms. The Morgan fingerprint density at radius 2 is 2.18 bits per heavy atom. The van der Waals surface area contributed by atoms with Gasteiger partial charge in [0.15, 0.2) is 0 Å². The van der Waals surface area contributed by atoms with Gasteiger partial charge in [-0.15, -0.1) is 0 Å². The Hall–Kier alpha value is -1.90. The number of nitrogens with one attached hydrogen (secondary N) is 2. The van der Waals surface area contributed by atoms with Crippen LogP contribution in [0.15, 0.2) is 11.0 Å². The molecule has 3 heterocycles. The van der Waals surface area contributed by atoms with Crippen LogP contribution in [0.1, 0.15) is 19.4 Å². The molecule has 0 saturated carbocycles. The van der Waals surface area contributed by atoms with Gasteiger partial charge in [0, 0.05) is 43.9 Å². The maximum atomic E-state index is 11.7. The second-order valence-corrected chi connectivity index (χ2v) is 5.19. The summed E-state index contributed by atoms with van der Waals surface area (Å²) in [6.07, 6.45) is 1.21. The van der Waals surface area contributed by atoms with Crippen LogP contribution in [-0.4, -0.2) is 55.9 Å². The number of H-pyrrole nitrogens is 2. The average molecular weight is 309 g/mol. The summed E-state index contributed by atoms with van der Waals surface area (Å²) in [4.78, 5) is 23.2. The summed E-state index contributed by atoms with van der Waals surface area (Å²) >= 11 is 0. The monoisotopic (exact) mass is 309 g/mol. The third-order valence-corrected chi connectivity index (χ3v) is 3.74. The molecule has 2 unspecified atom stereocenters. The molecule has 2 aromatic heterocycles. The summed E-state index contributed by atoms with van der Waals surface area (Å²) in [6.45, 7) is 5.62. The van der Waals surface area contributed by atoms with Crippen LogP contribution in [0.5, 0.6) is 0 Å². The van der Waals surface area contributed by atoms with Crippen LogP contribution in [0.3, 0.4) is 0 Å². The Bertz CT molecular complexity index is 681. The first-order valence-electron chi connectivity index (χ1n) is 7.45. The first-order valence-corrected chi connectivity index (χ1v) is 7.45. The number of hydrogen-bond acceptors (Lipinski definition) is 6. The Kier molecular flexibility index (Phi) is 5.17. The number of nitrogens with zero attached hydrogens (tertiary/aromatic N) is 2. The number of anilines is 1. The molecule has 1 fully saturated rings. The molecule has 22 heavy (non-hydrogen) atoms. The van der Waals surface area contributed by atoms with E-state index in [9.17, 15) is 9.90 Å². The molecule has 3 rings (SSSR count). The highest BCUT2D eigenvalue weighted by molar-refractivity contribution is 5.78. The topological polar surface area (TPSA) is 131 Å². The van der Waals surface area contributed by atoms with Crippen LogP contribution in [0.25, 0.3) is 11.0 Å². The highest BCUT2D eigenvalue weighted by atomic mass is 16.3. The van der Waals surface area contributed by atoms with Crippen molar-refractivity contribution in [3.63, 3.8) is 0 Å². The molecule has 1 aliphatic heterocycles. The first kappa shape index (κ1) is 16.5. The summed E-state index contributed by atoms with van der Waals surface area (Å²) in [5.41, 5.74) is 7.06. The van der Waals surface area contributed by atoms with E-state index in [0.29, 0.717) is 30.7 Å². The zero-order valence-electron chi connectivity index (χ0n) is 12.8. The van der Waals surface area contributed by atoms with Gasteiger partial charge < -0.3 is 20.9 Å². The van der Waals surface area contributed by atoms with Crippen LogP contribution in [-0.2, 0) is 6.54 Å². The van der Waals surface area contributed by atoms with Gasteiger partial charge in [-0.05, 0) is 0 Å². The van der Waals surface area contributed by atoms with Crippen molar-refractivity contribution in [1.29, 1.82) is 0 Å². The summed E-state index contributed by atoms with van der Waals surface area (Å²) < 4.78 is 0. The minimum atomic E-state index is -0.522. The number of aromatic amines is 2. The van der Waals surface area contributed by atoms with Gasteiger partial charge in [-0.3, -0.25) is 14.7 Å². The van der Waals surface area contributed by atoms with Crippen LogP contribution >= 0.6 is 0 Å². The summed E-state index contributed by atoms with van der Waals surface area (Å²) in [6, 6.07) is 0. The fourth-order valence-electron chi connectivity index (χ4n) is 2.70. The van der Waals surface area contributed by atoms with E-state index in [2.05, 4.69) is 15.0 Å². The lowest BCUT2D eigenvalue weighted by molar-refractivity contribution is 0.103. The lowest BCUT2D eigenvalue weighted by Crippen LogP contribution is -2.21. The summed E-state index contributed by atoms with van der Waals surface area (Å²) in [5.74, 6) is -0.0420. The highest BCUT2D eigenvalue weighted by Gasteiger charge is 2.31. The predicted molar refractivity (Wildman–Crippen MR) is 84.3 cm³/mol. The van der Waals surface area contributed by atoms with Crippen molar-refractivity contribution in [2.45, 2.75) is 26.5 Å². The Morgan fingerprint density at radius 3 is 2.82 bits per heavy atom. The second kappa shape index (κ2) is 6.91. The number of likely N-dealkylation sites (tertiary alicyclic amines) is 1. The number of aliphatic hydroxyl groups is 2. The average Bonchev–Trinajstić information content (AvgIpc) is 3.05. The lowest BCUT2D eigenvalue weighted by Gasteiger charge is -2.14. The molecule has 0 radical (unpaired) electrons. The standard InChI is InChI=1S/C12H17N5O3.C2H6/c13-12-15-9-6(1-14-10(9)11(20)16-12)2-17-3-7(5-18)8(19)4-17;1-2/h1,7-8,14,18-19H,2-5H2,(H3,13,15,16,20);1-2H3. The maximum Gasteiger partial charge on any atom is 0.276 e. The van der Waals surface area contributed by atoms with Crippen molar-refractivity contribution in [3.05, 3.63) is 22.1 Å². The van der Waals surface area contributed by atoms with Crippen LogP contribution in [0, 0.1) is 5.92 Å². The SMILES string of the molecule is CC.Nc1nc2c(CN3CC(O)C(CO)C3)c[nH]c2c(=O)[nH]1. The zero-order valence-corrected chi connectivity index (χ0v) is 12.8. The predicted octanol–water partition coefficient (Wildman–Crippen LogP) is -0.355. The van der Waals surface area contributed by atoms with Crippen molar-refractivity contribution in [2.24, 2.45) is 5.92 Å². The summed E-state index contributed by atoms with van der Waals surface area (Å²) in [7, 11) is 0. The van der Waals surface area contributed by atoms with E-state index in [1.165, 1.54) is 0 Å². The van der Waals surface area contributed by atoms with Crippen molar-refractivity contribution in [3.8, 4) is 0 Å². The summed E-state index contributed by atoms with van der Waals surface area (Å²) in [5, 5.41) is 18.9. The van der Waals surface area contributed by atoms with Crippen LogP contribution in [0.2, 0.25) is 0 Å². The van der Waals surface area contributed by atoms with E-state index in [1.54, 1.807) is 6.20 Å². The van der Waals surface area contributed by atoms with Gasteiger partial charge in [0.25, 0.3) is 5.56 Å². The number of fused-ring (bicyclic) bond motifs is 1. The van der Waals surface area contributed by atoms with E-state index in [-0.39, 0.29) is 24.0 Å². The molecule has 0 spiro atoms. The Morgan fingerprint density at radius 1 is 1.45 bits per heavy atom. The van der Waals surface area contributed by atoms with Gasteiger partial charge in [-0.1, -0.05) is 13.8 Å². The molecule has 2 atom stereocenters. The Labute approximate surface area is 128 Å². The molecule has 1 aliphatic rings. The number of β-amino-alcohol motifs (C(OH)–C–C–N with tert-alkyl or cyclic N) is 1. The molecule has 0 aromatic carbocycles. The van der Waals surface area contributed by atoms with Crippen molar-refractivity contribution in [2.75, 3.05) is 25.4 Å². The molecule has 122 valence electrons. The molecular weight excluding hydrogens is 286 g/mol. The normalized spacial score (nSPS) is 21.8. The quantitative estimate of drug-likeness (QED) is 0.526. The smallest absolute Gasteiger partial charge is 0.276 e. The molecule has 0 aliphatic carbocycles. The van der Waals surface area contributed by atoms with Crippen LogP contribution in [0.4, 0.5) is 5.95 Å². The molecule has 1 saturated heterocycles. The van der Waals surface area contributed by atoms with Crippen LogP contribution < -0.4 is 11.3 Å². The first-order chi connectivity index (χ1) is 10.6. The minimum Gasteiger partial charge on any atom is -0.396 e. The molecule has 8 heteroatoms. The molecule has 6 N–H and O–H groups in total. The number of aromatic nitrogens is 3. The molecule has 0 amide bonds. The molecule has 2 aromatic rings. The fourth-order valence-corrected chi connectivity index (χ4v) is 2.70. The van der Waals surface area contributed by atoms with Gasteiger partial charge in [0.05, 0.1) is 6.10 Å². The van der Waals surface area contributed by atoms with Crippen molar-refractivity contribution in [1.82, 2.24) is 19.9 Å². The van der Waals surface area contributed by atoms with Crippen molar-refractivity contribution >= 4 is 17.0 Å². The third-order valence-electron chi connectivity index (χ3n) is 3.74. The van der Waals surface area contributed by atoms with Gasteiger partial charge in [0.2, 0.25) is 5.95 Å². The number of rotatable bonds is 3. The van der Waals surface area contributed by atoms with Crippen molar-refractivity contribution < 1.29 is 10.2 Å². The van der Waals surface area contributed by atoms with Gasteiger partial charge in [-0.2, -0.15) is 0 Å². The van der Waals surface area contributed by atoms with Gasteiger partial charge >= 0.3 is 0 Å². The number of aliphatic hydroxyl groups excluding tert-OH is 2. The number of hydrogen-bond donors (Lipinski definition) is 5. The highest BCUT2D eigenvalue weighted by Crippen LogP contribution is 2.21. The fraction of sp³-hybridized carbons (Fsp3) is 0.571. The van der Waals surface area contributed by atoms with E-state index < -0.39 is 6.10 Å².